The van der Waals surface area contributed by atoms with Crippen LogP contribution >= 0.6 is 11.6 Å². The second-order valence-electron chi connectivity index (χ2n) is 6.95. The van der Waals surface area contributed by atoms with Crippen LogP contribution in [0.4, 0.5) is 5.82 Å². The molecule has 0 atom stereocenters. The molecule has 4 rings (SSSR count). The summed E-state index contributed by atoms with van der Waals surface area (Å²) in [5.41, 5.74) is 3.91. The minimum absolute atomic E-state index is 0.0174. The Morgan fingerprint density at radius 1 is 1.00 bits per heavy atom. The van der Waals surface area contributed by atoms with Gasteiger partial charge in [0.05, 0.1) is 30.4 Å². The van der Waals surface area contributed by atoms with Gasteiger partial charge in [-0.3, -0.25) is 0 Å². The fourth-order valence-electron chi connectivity index (χ4n) is 3.34. The number of aliphatic hydroxyl groups is 1. The summed E-state index contributed by atoms with van der Waals surface area (Å²) in [6.07, 6.45) is 0. The molecule has 0 unspecified atom stereocenters. The molecule has 0 fully saturated rings. The van der Waals surface area contributed by atoms with Crippen LogP contribution in [0, 0.1) is 11.3 Å². The monoisotopic (exact) mass is 430 g/mol. The maximum absolute atomic E-state index is 9.36. The summed E-state index contributed by atoms with van der Waals surface area (Å²) in [6.45, 7) is 0.464. The third-order valence-corrected chi connectivity index (χ3v) is 5.29. The van der Waals surface area contributed by atoms with Crippen LogP contribution < -0.4 is 10.1 Å². The molecular weight excluding hydrogens is 412 g/mol. The molecule has 0 aliphatic rings. The topological polar surface area (TPSA) is 91.1 Å². The molecule has 1 heterocycles. The van der Waals surface area contributed by atoms with Crippen molar-refractivity contribution in [3.8, 4) is 23.1 Å². The highest BCUT2D eigenvalue weighted by Crippen LogP contribution is 2.31. The molecule has 0 amide bonds. The van der Waals surface area contributed by atoms with E-state index in [9.17, 15) is 10.4 Å². The van der Waals surface area contributed by atoms with Crippen molar-refractivity contribution in [3.63, 3.8) is 0 Å². The van der Waals surface area contributed by atoms with Gasteiger partial charge in [0.1, 0.15) is 11.4 Å². The van der Waals surface area contributed by atoms with Gasteiger partial charge in [0.15, 0.2) is 5.82 Å². The number of rotatable bonds is 6. The van der Waals surface area contributed by atoms with Gasteiger partial charge >= 0.3 is 0 Å². The highest BCUT2D eigenvalue weighted by molar-refractivity contribution is 6.32. The first-order chi connectivity index (χ1) is 15.1. The zero-order valence-corrected chi connectivity index (χ0v) is 17.5. The number of ether oxygens (including phenoxy) is 1. The zero-order chi connectivity index (χ0) is 21.8. The fraction of sp³-hybridized carbons (Fsp3) is 0.125. The summed E-state index contributed by atoms with van der Waals surface area (Å²) in [4.78, 5) is 0. The number of methoxy groups -OCH3 is 1. The highest BCUT2D eigenvalue weighted by Gasteiger charge is 2.13. The standard InChI is InChI=1S/C24H19ClN4O2/c1-31-22-9-5-17(11-21(22)25)13-27-24-20-10-16(12-26)4-8-19(20)23(28-29-24)18-6-2-15(14-30)3-7-18/h2-11,30H,13-14H2,1H3,(H,27,29). The van der Waals surface area contributed by atoms with Gasteiger partial charge in [0.25, 0.3) is 0 Å². The lowest BCUT2D eigenvalue weighted by atomic mass is 10.0. The maximum atomic E-state index is 9.36. The molecule has 4 aromatic rings. The van der Waals surface area contributed by atoms with E-state index in [0.717, 1.165) is 27.5 Å². The van der Waals surface area contributed by atoms with E-state index in [1.807, 2.05) is 48.5 Å². The number of aliphatic hydroxyl groups excluding tert-OH is 1. The molecule has 0 saturated heterocycles. The van der Waals surface area contributed by atoms with E-state index < -0.39 is 0 Å². The van der Waals surface area contributed by atoms with Gasteiger partial charge in [-0.1, -0.05) is 48.0 Å². The van der Waals surface area contributed by atoms with Crippen LogP contribution in [0.2, 0.25) is 5.02 Å². The minimum Gasteiger partial charge on any atom is -0.495 e. The highest BCUT2D eigenvalue weighted by atomic mass is 35.5. The maximum Gasteiger partial charge on any atom is 0.156 e. The van der Waals surface area contributed by atoms with Crippen LogP contribution in [0.3, 0.4) is 0 Å². The van der Waals surface area contributed by atoms with Gasteiger partial charge < -0.3 is 15.2 Å². The van der Waals surface area contributed by atoms with Crippen LogP contribution in [0.25, 0.3) is 22.0 Å². The molecule has 31 heavy (non-hydrogen) atoms. The lowest BCUT2D eigenvalue weighted by molar-refractivity contribution is 0.282. The number of anilines is 1. The Morgan fingerprint density at radius 2 is 1.77 bits per heavy atom. The fourth-order valence-corrected chi connectivity index (χ4v) is 3.62. The number of aromatic nitrogens is 2. The van der Waals surface area contributed by atoms with E-state index in [1.54, 1.807) is 19.2 Å². The Morgan fingerprint density at radius 3 is 2.45 bits per heavy atom. The summed E-state index contributed by atoms with van der Waals surface area (Å²) < 4.78 is 5.20. The number of nitrogens with one attached hydrogen (secondary N) is 1. The molecular formula is C24H19ClN4O2. The molecule has 1 aromatic heterocycles. The molecule has 2 N–H and O–H groups in total. The van der Waals surface area contributed by atoms with Crippen LogP contribution in [0.1, 0.15) is 16.7 Å². The largest absolute Gasteiger partial charge is 0.495 e. The number of halogens is 1. The van der Waals surface area contributed by atoms with Crippen molar-refractivity contribution in [2.45, 2.75) is 13.2 Å². The summed E-state index contributed by atoms with van der Waals surface area (Å²) >= 11 is 6.22. The average Bonchev–Trinajstić information content (AvgIpc) is 2.82. The van der Waals surface area contributed by atoms with Crippen molar-refractivity contribution in [3.05, 3.63) is 82.4 Å². The zero-order valence-electron chi connectivity index (χ0n) is 16.8. The van der Waals surface area contributed by atoms with Crippen molar-refractivity contribution in [2.75, 3.05) is 12.4 Å². The molecule has 0 bridgehead atoms. The Balaban J connectivity index is 1.72. The first-order valence-corrected chi connectivity index (χ1v) is 9.97. The third-order valence-electron chi connectivity index (χ3n) is 5.00. The second kappa shape index (κ2) is 9.00. The second-order valence-corrected chi connectivity index (χ2v) is 7.35. The van der Waals surface area contributed by atoms with E-state index in [0.29, 0.717) is 34.4 Å². The lowest BCUT2D eigenvalue weighted by Crippen LogP contribution is -2.04. The van der Waals surface area contributed by atoms with E-state index in [-0.39, 0.29) is 6.61 Å². The quantitative estimate of drug-likeness (QED) is 0.450. The van der Waals surface area contributed by atoms with Gasteiger partial charge in [-0.15, -0.1) is 10.2 Å². The van der Waals surface area contributed by atoms with Crippen molar-refractivity contribution >= 4 is 28.2 Å². The van der Waals surface area contributed by atoms with E-state index >= 15 is 0 Å². The van der Waals surface area contributed by atoms with Crippen molar-refractivity contribution in [1.82, 2.24) is 10.2 Å². The van der Waals surface area contributed by atoms with Crippen molar-refractivity contribution < 1.29 is 9.84 Å². The molecule has 6 nitrogen and oxygen atoms in total. The van der Waals surface area contributed by atoms with E-state index in [2.05, 4.69) is 21.6 Å². The lowest BCUT2D eigenvalue weighted by Gasteiger charge is -2.12. The molecule has 0 aliphatic heterocycles. The molecule has 7 heteroatoms. The van der Waals surface area contributed by atoms with E-state index in [1.165, 1.54) is 0 Å². The first kappa shape index (κ1) is 20.6. The Hall–Kier alpha value is -3.66. The SMILES string of the molecule is COc1ccc(CNc2nnc(-c3ccc(CO)cc3)c3ccc(C#N)cc23)cc1Cl. The molecule has 0 radical (unpaired) electrons. The minimum atomic E-state index is -0.0174. The number of hydrogen-bond acceptors (Lipinski definition) is 6. The van der Waals surface area contributed by atoms with Crippen LogP contribution in [0.5, 0.6) is 5.75 Å². The van der Waals surface area contributed by atoms with Crippen LogP contribution in [-0.4, -0.2) is 22.4 Å². The number of benzene rings is 3. The number of fused-ring (bicyclic) bond motifs is 1. The first-order valence-electron chi connectivity index (χ1n) is 9.60. The van der Waals surface area contributed by atoms with Crippen molar-refractivity contribution in [1.29, 1.82) is 5.26 Å². The molecule has 3 aromatic carbocycles. The summed E-state index contributed by atoms with van der Waals surface area (Å²) in [7, 11) is 1.58. The normalized spacial score (nSPS) is 10.6. The molecule has 154 valence electrons. The molecule has 0 aliphatic carbocycles. The van der Waals surface area contributed by atoms with E-state index in [4.69, 9.17) is 16.3 Å². The van der Waals surface area contributed by atoms with Crippen LogP contribution in [-0.2, 0) is 13.2 Å². The Labute approximate surface area is 184 Å². The summed E-state index contributed by atoms with van der Waals surface area (Å²) in [6, 6.07) is 20.7. The van der Waals surface area contributed by atoms with Gasteiger partial charge in [-0.2, -0.15) is 5.26 Å². The Bertz CT molecular complexity index is 1280. The molecule has 0 spiro atoms. The van der Waals surface area contributed by atoms with Crippen molar-refractivity contribution in [2.24, 2.45) is 0 Å². The van der Waals surface area contributed by atoms with Gasteiger partial charge in [0.2, 0.25) is 0 Å². The number of nitrogens with zero attached hydrogens (tertiary/aromatic N) is 3. The van der Waals surface area contributed by atoms with Gasteiger partial charge in [0, 0.05) is 22.9 Å². The number of nitriles is 1. The predicted molar refractivity (Wildman–Crippen MR) is 121 cm³/mol. The molecule has 0 saturated carbocycles. The van der Waals surface area contributed by atoms with Gasteiger partial charge in [-0.05, 0) is 35.4 Å². The Kier molecular flexibility index (Phi) is 5.99. The van der Waals surface area contributed by atoms with Crippen LogP contribution in [0.15, 0.2) is 60.7 Å². The number of hydrogen-bond donors (Lipinski definition) is 2. The average molecular weight is 431 g/mol. The van der Waals surface area contributed by atoms with Gasteiger partial charge in [-0.25, -0.2) is 0 Å². The third kappa shape index (κ3) is 4.29. The predicted octanol–water partition coefficient (Wildman–Crippen LogP) is 4.93. The smallest absolute Gasteiger partial charge is 0.156 e. The summed E-state index contributed by atoms with van der Waals surface area (Å²) in [5.74, 6) is 1.20. The summed E-state index contributed by atoms with van der Waals surface area (Å²) in [5, 5.41) is 33.0.